The lowest BCUT2D eigenvalue weighted by Gasteiger charge is -2.19. The summed E-state index contributed by atoms with van der Waals surface area (Å²) in [5.41, 5.74) is 17.0. The van der Waals surface area contributed by atoms with E-state index in [-0.39, 0.29) is 5.41 Å². The molecular formula is C64H61N3. The van der Waals surface area contributed by atoms with Crippen LogP contribution in [-0.2, 0) is 5.41 Å². The zero-order chi connectivity index (χ0) is 46.8. The van der Waals surface area contributed by atoms with E-state index in [2.05, 4.69) is 241 Å². The fourth-order valence-corrected chi connectivity index (χ4v) is 9.79. The zero-order valence-corrected chi connectivity index (χ0v) is 40.5. The maximum Gasteiger partial charge on any atom is 0.0541 e. The van der Waals surface area contributed by atoms with Gasteiger partial charge in [-0.25, -0.2) is 0 Å². The standard InChI is InChI=1S/C58H43N3.3C2H6/c1-58(2,3)42-26-28-45(29-27-42)61-56-32-24-40(38-22-30-54-48(34-38)46-18-10-12-20-52(46)59(54)43-14-6-4-7-15-43)36-50(56)51-37-41(25-33-57(51)61)39-23-31-55-49(35-39)47-19-11-13-21-53(47)60(55)44-16-8-5-9-17-44;3*1-2/h4-37H,1-3H3;3*1-2H3. The Balaban J connectivity index is 0.000000903. The number of benzene rings is 9. The molecule has 0 unspecified atom stereocenters. The highest BCUT2D eigenvalue weighted by Crippen LogP contribution is 2.41. The van der Waals surface area contributed by atoms with Crippen molar-refractivity contribution in [1.82, 2.24) is 13.7 Å². The summed E-state index contributed by atoms with van der Waals surface area (Å²) < 4.78 is 7.21. The van der Waals surface area contributed by atoms with Crippen molar-refractivity contribution in [1.29, 1.82) is 0 Å². The van der Waals surface area contributed by atoms with Crippen molar-refractivity contribution in [2.24, 2.45) is 0 Å². The minimum absolute atomic E-state index is 0.0756. The van der Waals surface area contributed by atoms with Gasteiger partial charge in [-0.3, -0.25) is 0 Å². The smallest absolute Gasteiger partial charge is 0.0541 e. The molecule has 0 N–H and O–H groups in total. The third-order valence-corrected chi connectivity index (χ3v) is 12.8. The van der Waals surface area contributed by atoms with Crippen LogP contribution in [-0.4, -0.2) is 13.7 Å². The molecule has 0 radical (unpaired) electrons. The molecular weight excluding hydrogens is 811 g/mol. The topological polar surface area (TPSA) is 14.8 Å². The molecule has 3 heterocycles. The summed E-state index contributed by atoms with van der Waals surface area (Å²) in [5, 5.41) is 7.50. The highest BCUT2D eigenvalue weighted by Gasteiger charge is 2.19. The lowest BCUT2D eigenvalue weighted by Crippen LogP contribution is -2.10. The van der Waals surface area contributed by atoms with Crippen molar-refractivity contribution >= 4 is 65.4 Å². The van der Waals surface area contributed by atoms with Crippen LogP contribution in [0.2, 0.25) is 0 Å². The van der Waals surface area contributed by atoms with E-state index in [9.17, 15) is 0 Å². The van der Waals surface area contributed by atoms with Gasteiger partial charge >= 0.3 is 0 Å². The number of fused-ring (bicyclic) bond motifs is 9. The molecule has 3 nitrogen and oxygen atoms in total. The SMILES string of the molecule is CC.CC.CC.CC(C)(C)c1ccc(-n2c3ccc(-c4ccc5c(c4)c4ccccc4n5-c4ccccc4)cc3c3cc(-c4ccc5c(c4)c4ccccc4n5-c4ccccc4)ccc32)cc1. The second-order valence-corrected chi connectivity index (χ2v) is 17.4. The van der Waals surface area contributed by atoms with Crippen molar-refractivity contribution in [3.05, 3.63) is 212 Å². The van der Waals surface area contributed by atoms with E-state index in [4.69, 9.17) is 0 Å². The Hall–Kier alpha value is -7.62. The lowest BCUT2D eigenvalue weighted by molar-refractivity contribution is 0.590. The second kappa shape index (κ2) is 18.7. The van der Waals surface area contributed by atoms with Crippen LogP contribution in [0.5, 0.6) is 0 Å². The molecule has 0 amide bonds. The first kappa shape index (κ1) is 44.6. The molecule has 12 aromatic rings. The van der Waals surface area contributed by atoms with Crippen molar-refractivity contribution in [3.63, 3.8) is 0 Å². The fraction of sp³-hybridized carbons (Fsp3) is 0.156. The average Bonchev–Trinajstić information content (AvgIpc) is 4.03. The first-order valence-corrected chi connectivity index (χ1v) is 24.3. The van der Waals surface area contributed by atoms with E-state index >= 15 is 0 Å². The van der Waals surface area contributed by atoms with Gasteiger partial charge in [-0.05, 0) is 130 Å². The summed E-state index contributed by atoms with van der Waals surface area (Å²) in [6, 6.07) is 76.1. The number of para-hydroxylation sites is 4. The molecule has 0 aliphatic rings. The van der Waals surface area contributed by atoms with Crippen LogP contribution in [0.3, 0.4) is 0 Å². The van der Waals surface area contributed by atoms with Gasteiger partial charge < -0.3 is 13.7 Å². The molecule has 3 aromatic heterocycles. The van der Waals surface area contributed by atoms with Crippen molar-refractivity contribution in [2.75, 3.05) is 0 Å². The predicted octanol–water partition coefficient (Wildman–Crippen LogP) is 18.7. The van der Waals surface area contributed by atoms with Gasteiger partial charge in [0.15, 0.2) is 0 Å². The molecule has 0 atom stereocenters. The normalized spacial score (nSPS) is 11.4. The van der Waals surface area contributed by atoms with Gasteiger partial charge in [0.2, 0.25) is 0 Å². The Morgan fingerprint density at radius 2 is 0.522 bits per heavy atom. The number of aromatic nitrogens is 3. The molecule has 9 aromatic carbocycles. The van der Waals surface area contributed by atoms with Crippen LogP contribution in [0.1, 0.15) is 67.9 Å². The minimum Gasteiger partial charge on any atom is -0.309 e. The molecule has 0 bridgehead atoms. The van der Waals surface area contributed by atoms with Gasteiger partial charge in [0.25, 0.3) is 0 Å². The van der Waals surface area contributed by atoms with Crippen LogP contribution in [0.25, 0.3) is 105 Å². The first-order chi connectivity index (χ1) is 32.9. The van der Waals surface area contributed by atoms with Gasteiger partial charge in [-0.15, -0.1) is 0 Å². The maximum atomic E-state index is 2.44. The Kier molecular flexibility index (Phi) is 12.4. The van der Waals surface area contributed by atoms with E-state index in [1.165, 1.54) is 110 Å². The summed E-state index contributed by atoms with van der Waals surface area (Å²) in [7, 11) is 0. The Bertz CT molecular complexity index is 3440. The number of hydrogen-bond acceptors (Lipinski definition) is 0. The molecule has 0 aliphatic heterocycles. The third kappa shape index (κ3) is 7.79. The lowest BCUT2D eigenvalue weighted by atomic mass is 9.87. The Labute approximate surface area is 396 Å². The van der Waals surface area contributed by atoms with Crippen molar-refractivity contribution < 1.29 is 0 Å². The third-order valence-electron chi connectivity index (χ3n) is 12.8. The second-order valence-electron chi connectivity index (χ2n) is 17.4. The van der Waals surface area contributed by atoms with Crippen molar-refractivity contribution in [2.45, 2.75) is 67.7 Å². The zero-order valence-electron chi connectivity index (χ0n) is 40.5. The van der Waals surface area contributed by atoms with Gasteiger partial charge in [-0.2, -0.15) is 0 Å². The minimum atomic E-state index is 0.0756. The highest BCUT2D eigenvalue weighted by molar-refractivity contribution is 6.14. The molecule has 67 heavy (non-hydrogen) atoms. The maximum absolute atomic E-state index is 2.44. The van der Waals surface area contributed by atoms with Crippen LogP contribution in [0.4, 0.5) is 0 Å². The van der Waals surface area contributed by atoms with Crippen LogP contribution in [0.15, 0.2) is 206 Å². The molecule has 0 saturated carbocycles. The fourth-order valence-electron chi connectivity index (χ4n) is 9.79. The average molecular weight is 872 g/mol. The monoisotopic (exact) mass is 871 g/mol. The summed E-state index contributed by atoms with van der Waals surface area (Å²) in [6.07, 6.45) is 0. The molecule has 332 valence electrons. The number of nitrogens with zero attached hydrogens (tertiary/aromatic N) is 3. The Morgan fingerprint density at radius 3 is 0.851 bits per heavy atom. The van der Waals surface area contributed by atoms with Crippen LogP contribution in [0, 0.1) is 0 Å². The van der Waals surface area contributed by atoms with Crippen LogP contribution >= 0.6 is 0 Å². The largest absolute Gasteiger partial charge is 0.309 e. The molecule has 3 heteroatoms. The molecule has 0 spiro atoms. The van der Waals surface area contributed by atoms with Crippen LogP contribution < -0.4 is 0 Å². The summed E-state index contributed by atoms with van der Waals surface area (Å²) >= 11 is 0. The Morgan fingerprint density at radius 1 is 0.254 bits per heavy atom. The summed E-state index contributed by atoms with van der Waals surface area (Å²) in [4.78, 5) is 0. The first-order valence-electron chi connectivity index (χ1n) is 24.3. The van der Waals surface area contributed by atoms with E-state index in [0.29, 0.717) is 0 Å². The van der Waals surface area contributed by atoms with Crippen molar-refractivity contribution in [3.8, 4) is 39.3 Å². The van der Waals surface area contributed by atoms with E-state index < -0.39 is 0 Å². The molecule has 12 rings (SSSR count). The predicted molar refractivity (Wildman–Crippen MR) is 293 cm³/mol. The van der Waals surface area contributed by atoms with Gasteiger partial charge in [-0.1, -0.05) is 172 Å². The summed E-state index contributed by atoms with van der Waals surface area (Å²) in [6.45, 7) is 18.8. The van der Waals surface area contributed by atoms with Gasteiger partial charge in [0, 0.05) is 49.4 Å². The number of rotatable bonds is 5. The van der Waals surface area contributed by atoms with Gasteiger partial charge in [0.1, 0.15) is 0 Å². The van der Waals surface area contributed by atoms with E-state index in [0.717, 1.165) is 0 Å². The quantitative estimate of drug-likeness (QED) is 0.164. The van der Waals surface area contributed by atoms with E-state index in [1.54, 1.807) is 0 Å². The summed E-state index contributed by atoms with van der Waals surface area (Å²) in [5.74, 6) is 0. The molecule has 0 fully saturated rings. The number of hydrogen-bond donors (Lipinski definition) is 0. The highest BCUT2D eigenvalue weighted by atomic mass is 15.0. The van der Waals surface area contributed by atoms with Gasteiger partial charge in [0.05, 0.1) is 33.1 Å². The van der Waals surface area contributed by atoms with E-state index in [1.807, 2.05) is 41.5 Å². The molecule has 0 saturated heterocycles. The molecule has 0 aliphatic carbocycles.